The molecule has 0 spiro atoms. The Kier molecular flexibility index (Phi) is 5.35. The van der Waals surface area contributed by atoms with Gasteiger partial charge in [0.05, 0.1) is 5.75 Å². The Hall–Kier alpha value is -1.98. The van der Waals surface area contributed by atoms with Gasteiger partial charge in [0.2, 0.25) is 11.8 Å². The lowest BCUT2D eigenvalue weighted by molar-refractivity contribution is -0.116. The maximum atomic E-state index is 12.4. The van der Waals surface area contributed by atoms with Crippen LogP contribution in [-0.2, 0) is 9.59 Å². The molecule has 2 amide bonds. The van der Waals surface area contributed by atoms with Crippen LogP contribution in [0.2, 0.25) is 0 Å². The minimum absolute atomic E-state index is 0.0858. The Bertz CT molecular complexity index is 792. The van der Waals surface area contributed by atoms with Gasteiger partial charge in [-0.1, -0.05) is 29.8 Å². The number of rotatable bonds is 4. The predicted molar refractivity (Wildman–Crippen MR) is 104 cm³/mol. The van der Waals surface area contributed by atoms with E-state index in [9.17, 15) is 9.59 Å². The van der Waals surface area contributed by atoms with E-state index in [1.165, 1.54) is 0 Å². The Morgan fingerprint density at radius 2 is 2.00 bits per heavy atom. The summed E-state index contributed by atoms with van der Waals surface area (Å²) in [6.07, 6.45) is 0. The summed E-state index contributed by atoms with van der Waals surface area (Å²) in [6.45, 7) is 3.65. The molecule has 1 aliphatic rings. The van der Waals surface area contributed by atoms with E-state index in [4.69, 9.17) is 11.6 Å². The van der Waals surface area contributed by atoms with Crippen molar-refractivity contribution in [3.05, 3.63) is 59.7 Å². The average Bonchev–Trinajstić information content (AvgIpc) is 2.97. The molecule has 0 bridgehead atoms. The van der Waals surface area contributed by atoms with Gasteiger partial charge in [0.1, 0.15) is 10.8 Å². The van der Waals surface area contributed by atoms with Crippen LogP contribution in [0.3, 0.4) is 0 Å². The zero-order chi connectivity index (χ0) is 18.0. The summed E-state index contributed by atoms with van der Waals surface area (Å²) in [5, 5.41) is 2.08. The van der Waals surface area contributed by atoms with Gasteiger partial charge in [-0.05, 0) is 43.7 Å². The predicted octanol–water partition coefficient (Wildman–Crippen LogP) is 4.34. The van der Waals surface area contributed by atoms with Crippen molar-refractivity contribution in [1.82, 2.24) is 0 Å². The molecule has 0 saturated carbocycles. The number of nitrogens with one attached hydrogen (secondary N) is 1. The van der Waals surface area contributed by atoms with Gasteiger partial charge in [-0.3, -0.25) is 14.5 Å². The van der Waals surface area contributed by atoms with Gasteiger partial charge >= 0.3 is 0 Å². The van der Waals surface area contributed by atoms with Crippen molar-refractivity contribution in [3.63, 3.8) is 0 Å². The first-order valence-corrected chi connectivity index (χ1v) is 9.49. The maximum Gasteiger partial charge on any atom is 0.242 e. The summed E-state index contributed by atoms with van der Waals surface area (Å²) in [7, 11) is 0. The van der Waals surface area contributed by atoms with E-state index in [0.717, 1.165) is 16.8 Å². The summed E-state index contributed by atoms with van der Waals surface area (Å²) in [6, 6.07) is 15.5. The number of carbonyl (C=O) groups excluding carboxylic acids is 2. The van der Waals surface area contributed by atoms with Crippen LogP contribution >= 0.6 is 23.4 Å². The van der Waals surface area contributed by atoms with Gasteiger partial charge in [0, 0.05) is 11.4 Å². The van der Waals surface area contributed by atoms with Gasteiger partial charge in [0.15, 0.2) is 0 Å². The lowest BCUT2D eigenvalue weighted by Gasteiger charge is -2.25. The molecule has 1 aliphatic heterocycles. The number of alkyl halides is 1. The Morgan fingerprint density at radius 1 is 1.28 bits per heavy atom. The van der Waals surface area contributed by atoms with E-state index >= 15 is 0 Å². The van der Waals surface area contributed by atoms with Crippen molar-refractivity contribution in [1.29, 1.82) is 0 Å². The quantitative estimate of drug-likeness (QED) is 0.810. The highest BCUT2D eigenvalue weighted by Gasteiger charge is 2.34. The molecular weight excluding hydrogens is 356 g/mol. The summed E-state index contributed by atoms with van der Waals surface area (Å²) < 4.78 is 0. The molecule has 2 atom stereocenters. The fourth-order valence-electron chi connectivity index (χ4n) is 2.67. The third-order valence-corrected chi connectivity index (χ3v) is 5.39. The van der Waals surface area contributed by atoms with Crippen LogP contribution in [0.15, 0.2) is 48.5 Å². The molecule has 0 aromatic heterocycles. The number of halogens is 1. The first-order chi connectivity index (χ1) is 12.0. The molecule has 2 aromatic rings. The Balaban J connectivity index is 1.88. The van der Waals surface area contributed by atoms with Gasteiger partial charge in [-0.15, -0.1) is 23.4 Å². The number of benzene rings is 2. The maximum absolute atomic E-state index is 12.4. The van der Waals surface area contributed by atoms with E-state index < -0.39 is 5.38 Å². The molecule has 1 fully saturated rings. The van der Waals surface area contributed by atoms with E-state index in [-0.39, 0.29) is 17.2 Å². The molecule has 3 rings (SSSR count). The molecule has 0 unspecified atom stereocenters. The molecule has 130 valence electrons. The zero-order valence-electron chi connectivity index (χ0n) is 14.0. The molecule has 2 aromatic carbocycles. The number of aryl methyl sites for hydroxylation is 1. The summed E-state index contributed by atoms with van der Waals surface area (Å²) in [5.74, 6) is 0.278. The zero-order valence-corrected chi connectivity index (χ0v) is 15.6. The van der Waals surface area contributed by atoms with Gasteiger partial charge < -0.3 is 5.32 Å². The molecule has 0 aliphatic carbocycles. The van der Waals surface area contributed by atoms with Gasteiger partial charge in [-0.2, -0.15) is 0 Å². The Labute approximate surface area is 156 Å². The van der Waals surface area contributed by atoms with Crippen molar-refractivity contribution in [3.8, 4) is 0 Å². The number of amides is 2. The van der Waals surface area contributed by atoms with Crippen LogP contribution in [0.4, 0.5) is 11.4 Å². The highest BCUT2D eigenvalue weighted by Crippen LogP contribution is 2.42. The standard InChI is InChI=1S/C19H19ClN2O2S/c1-12-6-8-16(9-7-12)22-17(23)11-25-19(22)14-4-3-5-15(10-14)21-18(24)13(2)20/h3-10,13,19H,11H2,1-2H3,(H,21,24)/t13-,19+/m0/s1. The number of nitrogens with zero attached hydrogens (tertiary/aromatic N) is 1. The number of hydrogen-bond donors (Lipinski definition) is 1. The van der Waals surface area contributed by atoms with Gasteiger partial charge in [0.25, 0.3) is 0 Å². The van der Waals surface area contributed by atoms with E-state index in [1.807, 2.05) is 60.4 Å². The molecule has 6 heteroatoms. The fourth-order valence-corrected chi connectivity index (χ4v) is 3.89. The second-order valence-electron chi connectivity index (χ2n) is 5.99. The fraction of sp³-hybridized carbons (Fsp3) is 0.263. The van der Waals surface area contributed by atoms with E-state index in [2.05, 4.69) is 5.32 Å². The summed E-state index contributed by atoms with van der Waals surface area (Å²) in [5.41, 5.74) is 3.68. The highest BCUT2D eigenvalue weighted by atomic mass is 35.5. The van der Waals surface area contributed by atoms with E-state index in [0.29, 0.717) is 11.4 Å². The lowest BCUT2D eigenvalue weighted by Crippen LogP contribution is -2.27. The lowest BCUT2D eigenvalue weighted by atomic mass is 10.1. The number of thioether (sulfide) groups is 1. The molecule has 1 saturated heterocycles. The molecule has 4 nitrogen and oxygen atoms in total. The minimum atomic E-state index is -0.602. The molecular formula is C19H19ClN2O2S. The normalized spacial score (nSPS) is 18.3. The highest BCUT2D eigenvalue weighted by molar-refractivity contribution is 8.00. The first kappa shape index (κ1) is 17.8. The van der Waals surface area contributed by atoms with Crippen LogP contribution in [0, 0.1) is 6.92 Å². The number of hydrogen-bond acceptors (Lipinski definition) is 3. The topological polar surface area (TPSA) is 49.4 Å². The van der Waals surface area contributed by atoms with Crippen molar-refractivity contribution in [2.24, 2.45) is 0 Å². The molecule has 1 N–H and O–H groups in total. The van der Waals surface area contributed by atoms with Crippen molar-refractivity contribution >= 4 is 46.6 Å². The number of carbonyl (C=O) groups is 2. The average molecular weight is 375 g/mol. The third kappa shape index (κ3) is 3.99. The third-order valence-electron chi connectivity index (χ3n) is 3.98. The molecule has 25 heavy (non-hydrogen) atoms. The number of anilines is 2. The van der Waals surface area contributed by atoms with Crippen LogP contribution in [0.5, 0.6) is 0 Å². The summed E-state index contributed by atoms with van der Waals surface area (Å²) >= 11 is 7.39. The first-order valence-electron chi connectivity index (χ1n) is 8.01. The minimum Gasteiger partial charge on any atom is -0.325 e. The van der Waals surface area contributed by atoms with Crippen molar-refractivity contribution < 1.29 is 9.59 Å². The van der Waals surface area contributed by atoms with Crippen LogP contribution in [-0.4, -0.2) is 22.9 Å². The monoisotopic (exact) mass is 374 g/mol. The smallest absolute Gasteiger partial charge is 0.242 e. The van der Waals surface area contributed by atoms with Crippen LogP contribution in [0.1, 0.15) is 23.4 Å². The Morgan fingerprint density at radius 3 is 2.68 bits per heavy atom. The van der Waals surface area contributed by atoms with Gasteiger partial charge in [-0.25, -0.2) is 0 Å². The molecule has 1 heterocycles. The van der Waals surface area contributed by atoms with Crippen LogP contribution in [0.25, 0.3) is 0 Å². The molecule has 0 radical (unpaired) electrons. The largest absolute Gasteiger partial charge is 0.325 e. The van der Waals surface area contributed by atoms with E-state index in [1.54, 1.807) is 18.7 Å². The SMILES string of the molecule is Cc1ccc(N2C(=O)CS[C@@H]2c2cccc(NC(=O)[C@H](C)Cl)c2)cc1. The second-order valence-corrected chi connectivity index (χ2v) is 7.72. The van der Waals surface area contributed by atoms with Crippen molar-refractivity contribution in [2.75, 3.05) is 16.0 Å². The van der Waals surface area contributed by atoms with Crippen molar-refractivity contribution in [2.45, 2.75) is 24.6 Å². The van der Waals surface area contributed by atoms with Crippen LogP contribution < -0.4 is 10.2 Å². The second kappa shape index (κ2) is 7.50. The summed E-state index contributed by atoms with van der Waals surface area (Å²) in [4.78, 5) is 26.0.